The molecule has 0 aliphatic carbocycles. The summed E-state index contributed by atoms with van der Waals surface area (Å²) in [6, 6.07) is 14.4. The van der Waals surface area contributed by atoms with Crippen molar-refractivity contribution >= 4 is 43.5 Å². The number of nitrogens with one attached hydrogen (secondary N) is 1. The smallest absolute Gasteiger partial charge is 0.238 e. The van der Waals surface area contributed by atoms with Gasteiger partial charge in [0, 0.05) is 17.1 Å². The predicted molar refractivity (Wildman–Crippen MR) is 99.9 cm³/mol. The molecule has 0 saturated carbocycles. The van der Waals surface area contributed by atoms with Gasteiger partial charge in [0.15, 0.2) is 0 Å². The minimum atomic E-state index is -3.87. The van der Waals surface area contributed by atoms with Crippen LogP contribution in [0.25, 0.3) is 10.8 Å². The zero-order valence-electron chi connectivity index (χ0n) is 13.6. The second kappa shape index (κ2) is 8.33. The number of rotatable bonds is 3. The molecule has 3 aromatic rings. The Kier molecular flexibility index (Phi) is 6.36. The molecule has 3 aromatic carbocycles. The zero-order valence-corrected chi connectivity index (χ0v) is 15.2. The number of phenols is 2. The third-order valence-electron chi connectivity index (χ3n) is 3.44. The topological polar surface area (TPSA) is 173 Å². The first-order valence-corrected chi connectivity index (χ1v) is 9.78. The number of hydrogen-bond donors (Lipinski definition) is 5. The van der Waals surface area contributed by atoms with E-state index in [2.05, 4.69) is 5.32 Å². The second-order valence-corrected chi connectivity index (χ2v) is 7.27. The molecule has 0 bridgehead atoms. The van der Waals surface area contributed by atoms with Gasteiger partial charge in [-0.1, -0.05) is 18.2 Å². The number of fused-ring (bicyclic) bond motifs is 1. The molecule has 0 spiro atoms. The molecule has 0 radical (unpaired) electrons. The Morgan fingerprint density at radius 3 is 2.26 bits per heavy atom. The predicted octanol–water partition coefficient (Wildman–Crippen LogP) is 1.98. The highest BCUT2D eigenvalue weighted by molar-refractivity contribution is 7.89. The van der Waals surface area contributed by atoms with Crippen molar-refractivity contribution in [3.8, 4) is 11.5 Å². The largest absolute Gasteiger partial charge is 0.750 e. The normalized spacial score (nSPS) is 12.1. The first-order chi connectivity index (χ1) is 12.6. The van der Waals surface area contributed by atoms with Gasteiger partial charge < -0.3 is 24.6 Å². The number of sulfonamides is 1. The van der Waals surface area contributed by atoms with Crippen molar-refractivity contribution in [1.29, 1.82) is 0 Å². The molecule has 0 heterocycles. The van der Waals surface area contributed by atoms with E-state index in [4.69, 9.17) is 18.5 Å². The van der Waals surface area contributed by atoms with Crippen LogP contribution < -0.4 is 10.5 Å². The van der Waals surface area contributed by atoms with Crippen LogP contribution >= 0.6 is 0 Å². The Labute approximate surface area is 157 Å². The van der Waals surface area contributed by atoms with E-state index < -0.39 is 21.4 Å². The molecule has 0 amide bonds. The Morgan fingerprint density at radius 2 is 1.67 bits per heavy atom. The van der Waals surface area contributed by atoms with Crippen LogP contribution in [0.2, 0.25) is 0 Å². The molecule has 0 aromatic heterocycles. The van der Waals surface area contributed by atoms with E-state index in [-0.39, 0.29) is 16.4 Å². The van der Waals surface area contributed by atoms with Crippen LogP contribution in [-0.2, 0) is 21.4 Å². The molecule has 3 rings (SSSR count). The van der Waals surface area contributed by atoms with Crippen molar-refractivity contribution < 1.29 is 31.9 Å². The average Bonchev–Trinajstić information content (AvgIpc) is 2.56. The summed E-state index contributed by atoms with van der Waals surface area (Å²) in [4.78, 5) is -0.170. The van der Waals surface area contributed by atoms with Gasteiger partial charge in [0.25, 0.3) is 0 Å². The van der Waals surface area contributed by atoms with Crippen LogP contribution in [0.3, 0.4) is 0 Å². The van der Waals surface area contributed by atoms with E-state index in [1.807, 2.05) is 12.1 Å². The van der Waals surface area contributed by atoms with Crippen LogP contribution in [0.1, 0.15) is 0 Å². The SMILES string of the molecule is NS(=O)(=O)c1ccc(Nc2ccc3cccc(O)c3c2)c(O)c1.O=S([O-])O. The lowest BCUT2D eigenvalue weighted by Crippen LogP contribution is -2.11. The number of aromatic hydroxyl groups is 2. The van der Waals surface area contributed by atoms with Gasteiger partial charge >= 0.3 is 0 Å². The summed E-state index contributed by atoms with van der Waals surface area (Å²) in [5, 5.41) is 29.4. The van der Waals surface area contributed by atoms with Crippen LogP contribution in [0, 0.1) is 0 Å². The molecule has 0 saturated heterocycles. The number of anilines is 2. The van der Waals surface area contributed by atoms with Gasteiger partial charge in [-0.05, 0) is 35.7 Å². The maximum Gasteiger partial charge on any atom is 0.238 e. The highest BCUT2D eigenvalue weighted by Crippen LogP contribution is 2.32. The third kappa shape index (κ3) is 5.64. The maximum absolute atomic E-state index is 11.3. The Hall–Kier alpha value is -2.70. The molecule has 144 valence electrons. The summed E-state index contributed by atoms with van der Waals surface area (Å²) < 4.78 is 46.6. The fraction of sp³-hybridized carbons (Fsp3) is 0. The monoisotopic (exact) mass is 411 g/mol. The van der Waals surface area contributed by atoms with Gasteiger partial charge in [0.05, 0.1) is 21.9 Å². The van der Waals surface area contributed by atoms with Crippen molar-refractivity contribution in [2.45, 2.75) is 4.90 Å². The number of hydrogen-bond acceptors (Lipinski definition) is 7. The highest BCUT2D eigenvalue weighted by Gasteiger charge is 2.11. The van der Waals surface area contributed by atoms with Crippen LogP contribution in [0.5, 0.6) is 11.5 Å². The standard InChI is InChI=1S/C16H14N2O4S.H2O3S/c17-23(21,22)12-6-7-14(16(20)9-12)18-11-5-4-10-2-1-3-15(19)13(10)8-11;1-4(2)3/h1-9,18-20H,(H2,17,21,22);(H2,1,2,3)/p-1. The van der Waals surface area contributed by atoms with E-state index in [1.54, 1.807) is 24.3 Å². The van der Waals surface area contributed by atoms with E-state index in [0.29, 0.717) is 16.8 Å². The number of nitrogens with two attached hydrogens (primary N) is 1. The fourth-order valence-electron chi connectivity index (χ4n) is 2.28. The van der Waals surface area contributed by atoms with E-state index in [9.17, 15) is 18.6 Å². The molecule has 1 unspecified atom stereocenters. The minimum absolute atomic E-state index is 0.153. The third-order valence-corrected chi connectivity index (χ3v) is 4.35. The van der Waals surface area contributed by atoms with Crippen LogP contribution in [0.15, 0.2) is 59.5 Å². The van der Waals surface area contributed by atoms with Crippen LogP contribution in [-0.4, -0.2) is 31.9 Å². The number of phenolic OH excluding ortho intramolecular Hbond substituents is 2. The molecule has 27 heavy (non-hydrogen) atoms. The first-order valence-electron chi connectivity index (χ1n) is 7.21. The maximum atomic E-state index is 11.3. The molecule has 0 fully saturated rings. The van der Waals surface area contributed by atoms with Crippen molar-refractivity contribution in [3.05, 3.63) is 54.6 Å². The number of primary sulfonamides is 1. The summed E-state index contributed by atoms with van der Waals surface area (Å²) >= 11 is -2.86. The fourth-order valence-corrected chi connectivity index (χ4v) is 2.82. The summed E-state index contributed by atoms with van der Waals surface area (Å²) in [5.74, 6) is -0.0890. The van der Waals surface area contributed by atoms with Gasteiger partial charge in [0.2, 0.25) is 10.0 Å². The lowest BCUT2D eigenvalue weighted by atomic mass is 10.1. The first kappa shape index (κ1) is 20.6. The number of benzene rings is 3. The van der Waals surface area contributed by atoms with Gasteiger partial charge in [-0.15, -0.1) is 0 Å². The van der Waals surface area contributed by atoms with E-state index in [0.717, 1.165) is 11.5 Å². The Bertz CT molecular complexity index is 1100. The minimum Gasteiger partial charge on any atom is -0.750 e. The molecule has 11 heteroatoms. The Morgan fingerprint density at radius 1 is 1.00 bits per heavy atom. The van der Waals surface area contributed by atoms with Gasteiger partial charge in [-0.25, -0.2) is 17.8 Å². The molecule has 9 nitrogen and oxygen atoms in total. The molecule has 1 atom stereocenters. The van der Waals surface area contributed by atoms with E-state index in [1.165, 1.54) is 12.1 Å². The zero-order chi connectivity index (χ0) is 20.2. The molecule has 0 aliphatic rings. The van der Waals surface area contributed by atoms with Gasteiger partial charge in [-0.3, -0.25) is 0 Å². The van der Waals surface area contributed by atoms with Crippen LogP contribution in [0.4, 0.5) is 11.4 Å². The average molecular weight is 411 g/mol. The summed E-state index contributed by atoms with van der Waals surface area (Å²) in [7, 11) is -3.87. The highest BCUT2D eigenvalue weighted by atomic mass is 32.2. The van der Waals surface area contributed by atoms with Crippen molar-refractivity contribution in [2.24, 2.45) is 5.14 Å². The molecular weight excluding hydrogens is 396 g/mol. The summed E-state index contributed by atoms with van der Waals surface area (Å²) in [6.45, 7) is 0. The van der Waals surface area contributed by atoms with Gasteiger partial charge in [0.1, 0.15) is 11.5 Å². The van der Waals surface area contributed by atoms with Crippen molar-refractivity contribution in [3.63, 3.8) is 0 Å². The molecule has 0 aliphatic heterocycles. The molecular formula is C16H15N2O7S2-. The summed E-state index contributed by atoms with van der Waals surface area (Å²) in [6.07, 6.45) is 0. The lowest BCUT2D eigenvalue weighted by molar-refractivity contribution is 0.436. The Balaban J connectivity index is 0.000000596. The lowest BCUT2D eigenvalue weighted by Gasteiger charge is -2.11. The quantitative estimate of drug-likeness (QED) is 0.321. The van der Waals surface area contributed by atoms with Crippen molar-refractivity contribution in [2.75, 3.05) is 5.32 Å². The van der Waals surface area contributed by atoms with Crippen molar-refractivity contribution in [1.82, 2.24) is 0 Å². The van der Waals surface area contributed by atoms with E-state index >= 15 is 0 Å². The van der Waals surface area contributed by atoms with Gasteiger partial charge in [-0.2, -0.15) is 0 Å². The molecule has 6 N–H and O–H groups in total. The second-order valence-electron chi connectivity index (χ2n) is 5.28. The summed E-state index contributed by atoms with van der Waals surface area (Å²) in [5.41, 5.74) is 0.963.